The molecule has 0 spiro atoms. The molecule has 0 amide bonds. The van der Waals surface area contributed by atoms with Gasteiger partial charge in [0.1, 0.15) is 5.82 Å². The maximum atomic E-state index is 13.1. The van der Waals surface area contributed by atoms with Crippen LogP contribution in [0.15, 0.2) is 22.7 Å². The second-order valence-corrected chi connectivity index (χ2v) is 3.42. The number of hydrogen-bond acceptors (Lipinski definition) is 2. The lowest BCUT2D eigenvalue weighted by Crippen LogP contribution is -2.21. The molecule has 0 aliphatic carbocycles. The van der Waals surface area contributed by atoms with Crippen molar-refractivity contribution in [1.29, 1.82) is 0 Å². The fourth-order valence-electron chi connectivity index (χ4n) is 0.926. The smallest absolute Gasteiger partial charge is 0.128 e. The van der Waals surface area contributed by atoms with Gasteiger partial charge in [0, 0.05) is 22.6 Å². The van der Waals surface area contributed by atoms with Crippen molar-refractivity contribution < 1.29 is 4.39 Å². The Hall–Kier alpha value is -0.160. The first kappa shape index (κ1) is 12.8. The molecule has 0 unspecified atom stereocenters. The minimum Gasteiger partial charge on any atom is -0.329 e. The molecule has 1 atom stereocenters. The number of halogens is 3. The fourth-order valence-corrected chi connectivity index (χ4v) is 1.30. The van der Waals surface area contributed by atoms with Crippen LogP contribution in [0.5, 0.6) is 0 Å². The molecule has 0 aliphatic rings. The van der Waals surface area contributed by atoms with E-state index in [1.807, 2.05) is 0 Å². The van der Waals surface area contributed by atoms with Gasteiger partial charge >= 0.3 is 0 Å². The monoisotopic (exact) mass is 268 g/mol. The average Bonchev–Trinajstić information content (AvgIpc) is 2.08. The molecule has 0 fully saturated rings. The minimum absolute atomic E-state index is 0. The van der Waals surface area contributed by atoms with Crippen molar-refractivity contribution in [3.63, 3.8) is 0 Å². The van der Waals surface area contributed by atoms with E-state index >= 15 is 0 Å². The zero-order valence-electron chi connectivity index (χ0n) is 6.84. The van der Waals surface area contributed by atoms with Gasteiger partial charge in [0.25, 0.3) is 0 Å². The Bertz CT molecular complexity index is 283. The highest BCUT2D eigenvalue weighted by atomic mass is 79.9. The summed E-state index contributed by atoms with van der Waals surface area (Å²) in [6.07, 6.45) is 0. The number of nitrogens with two attached hydrogens (primary N) is 2. The molecule has 13 heavy (non-hydrogen) atoms. The second-order valence-electron chi connectivity index (χ2n) is 2.51. The predicted molar refractivity (Wildman–Crippen MR) is 57.3 cm³/mol. The standard InChI is InChI=1S/C8H10BrFN2.ClH/c9-5-1-2-7(10)6(3-5)8(12)4-11;/h1-3,8H,4,11-12H2;1H/t8-;/m0./s1. The van der Waals surface area contributed by atoms with Crippen molar-refractivity contribution in [1.82, 2.24) is 0 Å². The molecular weight excluding hydrogens is 258 g/mol. The van der Waals surface area contributed by atoms with Gasteiger partial charge in [-0.2, -0.15) is 0 Å². The van der Waals surface area contributed by atoms with Crippen LogP contribution in [0.2, 0.25) is 0 Å². The molecule has 0 aliphatic heterocycles. The highest BCUT2D eigenvalue weighted by molar-refractivity contribution is 9.10. The van der Waals surface area contributed by atoms with Crippen molar-refractivity contribution in [2.24, 2.45) is 11.5 Å². The van der Waals surface area contributed by atoms with Gasteiger partial charge in [-0.3, -0.25) is 0 Å². The highest BCUT2D eigenvalue weighted by Gasteiger charge is 2.09. The van der Waals surface area contributed by atoms with Gasteiger partial charge in [-0.25, -0.2) is 4.39 Å². The molecule has 0 saturated heterocycles. The van der Waals surface area contributed by atoms with Gasteiger partial charge in [0.15, 0.2) is 0 Å². The third kappa shape index (κ3) is 3.23. The molecule has 4 N–H and O–H groups in total. The molecule has 0 radical (unpaired) electrons. The van der Waals surface area contributed by atoms with Crippen molar-refractivity contribution in [3.8, 4) is 0 Å². The van der Waals surface area contributed by atoms with Gasteiger partial charge in [0.05, 0.1) is 0 Å². The Balaban J connectivity index is 0.00000144. The quantitative estimate of drug-likeness (QED) is 0.862. The van der Waals surface area contributed by atoms with Crippen LogP contribution >= 0.6 is 28.3 Å². The SMILES string of the molecule is Cl.NC[C@H](N)c1cc(Br)ccc1F. The summed E-state index contributed by atoms with van der Waals surface area (Å²) < 4.78 is 13.9. The van der Waals surface area contributed by atoms with Crippen LogP contribution in [0.25, 0.3) is 0 Å². The summed E-state index contributed by atoms with van der Waals surface area (Å²) in [5.41, 5.74) is 11.3. The van der Waals surface area contributed by atoms with E-state index in [-0.39, 0.29) is 24.8 Å². The van der Waals surface area contributed by atoms with Crippen LogP contribution in [-0.4, -0.2) is 6.54 Å². The third-order valence-corrected chi connectivity index (χ3v) is 2.10. The molecule has 1 aromatic carbocycles. The van der Waals surface area contributed by atoms with E-state index in [4.69, 9.17) is 11.5 Å². The van der Waals surface area contributed by atoms with Crippen molar-refractivity contribution in [2.75, 3.05) is 6.54 Å². The van der Waals surface area contributed by atoms with Crippen molar-refractivity contribution in [2.45, 2.75) is 6.04 Å². The Morgan fingerprint density at radius 1 is 1.46 bits per heavy atom. The lowest BCUT2D eigenvalue weighted by atomic mass is 10.1. The number of rotatable bonds is 2. The van der Waals surface area contributed by atoms with E-state index in [0.29, 0.717) is 5.56 Å². The Morgan fingerprint density at radius 2 is 2.08 bits per heavy atom. The van der Waals surface area contributed by atoms with Crippen LogP contribution in [-0.2, 0) is 0 Å². The molecule has 74 valence electrons. The summed E-state index contributed by atoms with van der Waals surface area (Å²) in [4.78, 5) is 0. The first-order valence-corrected chi connectivity index (χ1v) is 4.35. The molecule has 2 nitrogen and oxygen atoms in total. The van der Waals surface area contributed by atoms with E-state index in [0.717, 1.165) is 4.47 Å². The highest BCUT2D eigenvalue weighted by Crippen LogP contribution is 2.19. The molecule has 1 rings (SSSR count). The largest absolute Gasteiger partial charge is 0.329 e. The van der Waals surface area contributed by atoms with Crippen LogP contribution in [0, 0.1) is 5.82 Å². The first-order valence-electron chi connectivity index (χ1n) is 3.55. The maximum Gasteiger partial charge on any atom is 0.128 e. The van der Waals surface area contributed by atoms with Crippen LogP contribution in [0.4, 0.5) is 4.39 Å². The molecule has 1 aromatic rings. The van der Waals surface area contributed by atoms with E-state index in [1.165, 1.54) is 6.07 Å². The Labute approximate surface area is 91.0 Å². The van der Waals surface area contributed by atoms with E-state index in [1.54, 1.807) is 12.1 Å². The van der Waals surface area contributed by atoms with Gasteiger partial charge < -0.3 is 11.5 Å². The zero-order chi connectivity index (χ0) is 9.14. The summed E-state index contributed by atoms with van der Waals surface area (Å²) >= 11 is 3.23. The molecule has 5 heteroatoms. The van der Waals surface area contributed by atoms with Gasteiger partial charge in [-0.1, -0.05) is 15.9 Å². The predicted octanol–water partition coefficient (Wildman–Crippen LogP) is 1.97. The van der Waals surface area contributed by atoms with Gasteiger partial charge in [-0.15, -0.1) is 12.4 Å². The average molecular weight is 270 g/mol. The number of hydrogen-bond donors (Lipinski definition) is 2. The van der Waals surface area contributed by atoms with Crippen LogP contribution < -0.4 is 11.5 Å². The lowest BCUT2D eigenvalue weighted by molar-refractivity contribution is 0.583. The Morgan fingerprint density at radius 3 is 2.62 bits per heavy atom. The van der Waals surface area contributed by atoms with Crippen LogP contribution in [0.1, 0.15) is 11.6 Å². The molecule has 0 saturated carbocycles. The second kappa shape index (κ2) is 5.54. The van der Waals surface area contributed by atoms with E-state index < -0.39 is 6.04 Å². The van der Waals surface area contributed by atoms with Gasteiger partial charge in [-0.05, 0) is 18.2 Å². The van der Waals surface area contributed by atoms with Crippen LogP contribution in [0.3, 0.4) is 0 Å². The van der Waals surface area contributed by atoms with Crippen molar-refractivity contribution in [3.05, 3.63) is 34.1 Å². The molecule has 0 aromatic heterocycles. The maximum absolute atomic E-state index is 13.1. The molecule has 0 bridgehead atoms. The van der Waals surface area contributed by atoms with Gasteiger partial charge in [0.2, 0.25) is 0 Å². The molecule has 0 heterocycles. The lowest BCUT2D eigenvalue weighted by Gasteiger charge is -2.10. The summed E-state index contributed by atoms with van der Waals surface area (Å²) in [7, 11) is 0. The first-order chi connectivity index (χ1) is 5.65. The van der Waals surface area contributed by atoms with E-state index in [9.17, 15) is 4.39 Å². The number of benzene rings is 1. The fraction of sp³-hybridized carbons (Fsp3) is 0.250. The van der Waals surface area contributed by atoms with E-state index in [2.05, 4.69) is 15.9 Å². The summed E-state index contributed by atoms with van der Waals surface area (Å²) in [6.45, 7) is 0.243. The Kier molecular flexibility index (Phi) is 5.48. The minimum atomic E-state index is -0.428. The third-order valence-electron chi connectivity index (χ3n) is 1.61. The summed E-state index contributed by atoms with van der Waals surface area (Å²) in [6, 6.07) is 4.21. The zero-order valence-corrected chi connectivity index (χ0v) is 9.24. The normalized spacial score (nSPS) is 12.0. The molecular formula is C8H11BrClFN2. The summed E-state index contributed by atoms with van der Waals surface area (Å²) in [5.74, 6) is -0.309. The van der Waals surface area contributed by atoms with Crippen molar-refractivity contribution >= 4 is 28.3 Å². The topological polar surface area (TPSA) is 52.0 Å². The summed E-state index contributed by atoms with van der Waals surface area (Å²) in [5, 5.41) is 0.